The van der Waals surface area contributed by atoms with E-state index in [1.165, 1.54) is 25.7 Å². The summed E-state index contributed by atoms with van der Waals surface area (Å²) >= 11 is 0. The molecule has 1 heterocycles. The van der Waals surface area contributed by atoms with Crippen LogP contribution in [0.2, 0.25) is 0 Å². The predicted molar refractivity (Wildman–Crippen MR) is 55.1 cm³/mol. The number of aromatic nitrogens is 1. The summed E-state index contributed by atoms with van der Waals surface area (Å²) in [5.41, 5.74) is 0.812. The first kappa shape index (κ1) is 9.38. The van der Waals surface area contributed by atoms with Crippen LogP contribution in [0.4, 0.5) is 0 Å². The fourth-order valence-electron chi connectivity index (χ4n) is 2.13. The minimum atomic E-state index is 0.277. The lowest BCUT2D eigenvalue weighted by atomic mass is 9.98. The Morgan fingerprint density at radius 3 is 2.57 bits per heavy atom. The predicted octanol–water partition coefficient (Wildman–Crippen LogP) is 2.84. The van der Waals surface area contributed by atoms with E-state index in [1.807, 2.05) is 0 Å². The number of carbonyl (C=O) groups is 1. The molecular weight excluding hydrogens is 174 g/mol. The number of rotatable bonds is 3. The molecule has 0 saturated heterocycles. The van der Waals surface area contributed by atoms with Crippen molar-refractivity contribution >= 4 is 5.78 Å². The molecule has 0 atom stereocenters. The quantitative estimate of drug-likeness (QED) is 0.684. The number of Topliss-reactive ketones (excluding diaryl/α,β-unsaturated/α-hetero) is 1. The molecule has 1 fully saturated rings. The Kier molecular flexibility index (Phi) is 2.92. The molecule has 1 aliphatic carbocycles. The Balaban J connectivity index is 1.95. The van der Waals surface area contributed by atoms with Crippen molar-refractivity contribution < 1.29 is 4.79 Å². The molecule has 0 amide bonds. The van der Waals surface area contributed by atoms with Crippen molar-refractivity contribution in [1.82, 2.24) is 4.98 Å². The van der Waals surface area contributed by atoms with Crippen LogP contribution in [0.1, 0.15) is 42.5 Å². The van der Waals surface area contributed by atoms with E-state index in [0.29, 0.717) is 5.92 Å². The van der Waals surface area contributed by atoms with Gasteiger partial charge in [-0.1, -0.05) is 25.7 Å². The third-order valence-electron chi connectivity index (χ3n) is 2.95. The van der Waals surface area contributed by atoms with Gasteiger partial charge in [0.15, 0.2) is 5.78 Å². The molecule has 0 N–H and O–H groups in total. The smallest absolute Gasteiger partial charge is 0.163 e. The van der Waals surface area contributed by atoms with Crippen LogP contribution in [0, 0.1) is 5.92 Å². The van der Waals surface area contributed by atoms with E-state index >= 15 is 0 Å². The van der Waals surface area contributed by atoms with Crippen LogP contribution in [0.5, 0.6) is 0 Å². The summed E-state index contributed by atoms with van der Waals surface area (Å²) in [5, 5.41) is 0. The Bertz CT molecular complexity index is 301. The second-order valence-electron chi connectivity index (χ2n) is 4.01. The SMILES string of the molecule is O=C(CC1CCCC1)c1ccncc1. The van der Waals surface area contributed by atoms with Gasteiger partial charge >= 0.3 is 0 Å². The highest BCUT2D eigenvalue weighted by Crippen LogP contribution is 2.28. The molecule has 2 nitrogen and oxygen atoms in total. The van der Waals surface area contributed by atoms with Crippen molar-refractivity contribution in [3.8, 4) is 0 Å². The molecule has 0 spiro atoms. The fraction of sp³-hybridized carbons (Fsp3) is 0.500. The number of nitrogens with zero attached hydrogens (tertiary/aromatic N) is 1. The van der Waals surface area contributed by atoms with Gasteiger partial charge in [0.25, 0.3) is 0 Å². The maximum Gasteiger partial charge on any atom is 0.163 e. The molecule has 1 saturated carbocycles. The fourth-order valence-corrected chi connectivity index (χ4v) is 2.13. The average molecular weight is 189 g/mol. The standard InChI is InChI=1S/C12H15NO/c14-12(9-10-3-1-2-4-10)11-5-7-13-8-6-11/h5-8,10H,1-4,9H2. The van der Waals surface area contributed by atoms with Gasteiger partial charge in [-0.3, -0.25) is 9.78 Å². The van der Waals surface area contributed by atoms with Crippen LogP contribution in [-0.2, 0) is 0 Å². The molecule has 0 bridgehead atoms. The highest BCUT2D eigenvalue weighted by Gasteiger charge is 2.18. The zero-order chi connectivity index (χ0) is 9.80. The topological polar surface area (TPSA) is 30.0 Å². The van der Waals surface area contributed by atoms with Crippen LogP contribution >= 0.6 is 0 Å². The normalized spacial score (nSPS) is 17.1. The number of carbonyl (C=O) groups excluding carboxylic acids is 1. The Morgan fingerprint density at radius 1 is 1.29 bits per heavy atom. The van der Waals surface area contributed by atoms with Crippen molar-refractivity contribution in [2.24, 2.45) is 5.92 Å². The van der Waals surface area contributed by atoms with Crippen molar-refractivity contribution in [3.05, 3.63) is 30.1 Å². The largest absolute Gasteiger partial charge is 0.294 e. The molecular formula is C12H15NO. The summed E-state index contributed by atoms with van der Waals surface area (Å²) < 4.78 is 0. The first-order chi connectivity index (χ1) is 6.86. The van der Waals surface area contributed by atoms with Crippen molar-refractivity contribution in [3.63, 3.8) is 0 Å². The van der Waals surface area contributed by atoms with Gasteiger partial charge in [0.05, 0.1) is 0 Å². The molecule has 14 heavy (non-hydrogen) atoms. The number of hydrogen-bond donors (Lipinski definition) is 0. The van der Waals surface area contributed by atoms with Crippen molar-refractivity contribution in [2.75, 3.05) is 0 Å². The van der Waals surface area contributed by atoms with Crippen LogP contribution in [0.15, 0.2) is 24.5 Å². The van der Waals surface area contributed by atoms with E-state index in [-0.39, 0.29) is 5.78 Å². The second kappa shape index (κ2) is 4.36. The van der Waals surface area contributed by atoms with E-state index in [4.69, 9.17) is 0 Å². The van der Waals surface area contributed by atoms with Crippen molar-refractivity contribution in [1.29, 1.82) is 0 Å². The third kappa shape index (κ3) is 2.19. The number of ketones is 1. The van der Waals surface area contributed by atoms with Crippen molar-refractivity contribution in [2.45, 2.75) is 32.1 Å². The Morgan fingerprint density at radius 2 is 1.93 bits per heavy atom. The highest BCUT2D eigenvalue weighted by molar-refractivity contribution is 5.96. The van der Waals surface area contributed by atoms with Crippen LogP contribution in [0.3, 0.4) is 0 Å². The monoisotopic (exact) mass is 189 g/mol. The minimum absolute atomic E-state index is 0.277. The van der Waals surface area contributed by atoms with E-state index in [0.717, 1.165) is 12.0 Å². The first-order valence-electron chi connectivity index (χ1n) is 5.29. The zero-order valence-electron chi connectivity index (χ0n) is 8.28. The van der Waals surface area contributed by atoms with Gasteiger partial charge in [0, 0.05) is 24.4 Å². The van der Waals surface area contributed by atoms with E-state index < -0.39 is 0 Å². The van der Waals surface area contributed by atoms with Gasteiger partial charge < -0.3 is 0 Å². The number of pyridine rings is 1. The average Bonchev–Trinajstić information content (AvgIpc) is 2.72. The van der Waals surface area contributed by atoms with Crippen LogP contribution in [-0.4, -0.2) is 10.8 Å². The highest BCUT2D eigenvalue weighted by atomic mass is 16.1. The van der Waals surface area contributed by atoms with Gasteiger partial charge in [-0.15, -0.1) is 0 Å². The lowest BCUT2D eigenvalue weighted by Gasteiger charge is -2.06. The number of hydrogen-bond acceptors (Lipinski definition) is 2. The summed E-state index contributed by atoms with van der Waals surface area (Å²) in [6.45, 7) is 0. The summed E-state index contributed by atoms with van der Waals surface area (Å²) in [6.07, 6.45) is 9.16. The molecule has 2 heteroatoms. The molecule has 1 aromatic heterocycles. The lowest BCUT2D eigenvalue weighted by molar-refractivity contribution is 0.0962. The molecule has 1 aliphatic rings. The molecule has 0 aliphatic heterocycles. The Labute approximate surface area is 84.4 Å². The van der Waals surface area contributed by atoms with Gasteiger partial charge in [0.1, 0.15) is 0 Å². The summed E-state index contributed by atoms with van der Waals surface area (Å²) in [6, 6.07) is 3.61. The van der Waals surface area contributed by atoms with Crippen LogP contribution < -0.4 is 0 Å². The van der Waals surface area contributed by atoms with E-state index in [1.54, 1.807) is 24.5 Å². The van der Waals surface area contributed by atoms with E-state index in [2.05, 4.69) is 4.98 Å². The van der Waals surface area contributed by atoms with Gasteiger partial charge in [-0.05, 0) is 18.1 Å². The van der Waals surface area contributed by atoms with Gasteiger partial charge in [-0.25, -0.2) is 0 Å². The second-order valence-corrected chi connectivity index (χ2v) is 4.01. The molecule has 0 unspecified atom stereocenters. The molecule has 0 aromatic carbocycles. The maximum absolute atomic E-state index is 11.8. The Hall–Kier alpha value is -1.18. The van der Waals surface area contributed by atoms with E-state index in [9.17, 15) is 4.79 Å². The molecule has 0 radical (unpaired) electrons. The van der Waals surface area contributed by atoms with Crippen LogP contribution in [0.25, 0.3) is 0 Å². The molecule has 74 valence electrons. The molecule has 1 aromatic rings. The maximum atomic E-state index is 11.8. The lowest BCUT2D eigenvalue weighted by Crippen LogP contribution is -2.05. The summed E-state index contributed by atoms with van der Waals surface area (Å²) in [7, 11) is 0. The third-order valence-corrected chi connectivity index (χ3v) is 2.95. The summed E-state index contributed by atoms with van der Waals surface area (Å²) in [4.78, 5) is 15.7. The summed E-state index contributed by atoms with van der Waals surface area (Å²) in [5.74, 6) is 0.912. The molecule has 2 rings (SSSR count). The minimum Gasteiger partial charge on any atom is -0.294 e. The zero-order valence-corrected chi connectivity index (χ0v) is 8.28. The van der Waals surface area contributed by atoms with Gasteiger partial charge in [-0.2, -0.15) is 0 Å². The first-order valence-corrected chi connectivity index (χ1v) is 5.29. The van der Waals surface area contributed by atoms with Gasteiger partial charge in [0.2, 0.25) is 0 Å².